The Balaban J connectivity index is 2.57. The van der Waals surface area contributed by atoms with E-state index in [0.29, 0.717) is 11.4 Å². The lowest BCUT2D eigenvalue weighted by atomic mass is 10.3. The van der Waals surface area contributed by atoms with Crippen LogP contribution in [0.4, 0.5) is 10.5 Å². The summed E-state index contributed by atoms with van der Waals surface area (Å²) in [5.41, 5.74) is 5.41. The Hall–Kier alpha value is -2.28. The molecule has 1 aromatic carbocycles. The lowest BCUT2D eigenvalue weighted by molar-refractivity contribution is -0.118. The van der Waals surface area contributed by atoms with Crippen LogP contribution in [-0.2, 0) is 9.53 Å². The molecule has 0 atom stereocenters. The quantitative estimate of drug-likeness (QED) is 0.666. The molecule has 7 heteroatoms. The average Bonchev–Trinajstić information content (AvgIpc) is 2.38. The number of aliphatic hydroxyl groups is 1. The first-order chi connectivity index (χ1) is 9.13. The predicted molar refractivity (Wildman–Crippen MR) is 67.8 cm³/mol. The van der Waals surface area contributed by atoms with Gasteiger partial charge in [-0.3, -0.25) is 10.1 Å². The summed E-state index contributed by atoms with van der Waals surface area (Å²) in [6.45, 7) is -0.208. The predicted octanol–water partition coefficient (Wildman–Crippen LogP) is 0.482. The zero-order valence-electron chi connectivity index (χ0n) is 10.3. The van der Waals surface area contributed by atoms with Crippen LogP contribution in [0, 0.1) is 0 Å². The standard InChI is InChI=1S/C12H16N2O5/c13-11(16)5-7-18-10-4-2-1-3-9(10)14-12(17)19-8-6-15/h1-4,15H,5-8H2,(H2,13,16)(H,14,17). The number of nitrogens with two attached hydrogens (primary N) is 1. The first kappa shape index (κ1) is 14.8. The van der Waals surface area contributed by atoms with E-state index in [0.717, 1.165) is 0 Å². The molecular formula is C12H16N2O5. The molecule has 2 amide bonds. The van der Waals surface area contributed by atoms with E-state index in [9.17, 15) is 9.59 Å². The highest BCUT2D eigenvalue weighted by Crippen LogP contribution is 2.23. The Labute approximate surface area is 110 Å². The van der Waals surface area contributed by atoms with Crippen LogP contribution < -0.4 is 15.8 Å². The minimum absolute atomic E-state index is 0.0866. The van der Waals surface area contributed by atoms with Crippen molar-refractivity contribution < 1.29 is 24.2 Å². The molecule has 0 spiro atoms. The maximum atomic E-state index is 11.3. The van der Waals surface area contributed by atoms with Crippen molar-refractivity contribution in [3.8, 4) is 5.75 Å². The maximum Gasteiger partial charge on any atom is 0.411 e. The van der Waals surface area contributed by atoms with Crippen molar-refractivity contribution in [2.75, 3.05) is 25.1 Å². The van der Waals surface area contributed by atoms with Gasteiger partial charge in [0.1, 0.15) is 12.4 Å². The van der Waals surface area contributed by atoms with Crippen LogP contribution in [0.2, 0.25) is 0 Å². The molecule has 0 saturated carbocycles. The minimum atomic E-state index is -0.694. The molecule has 0 radical (unpaired) electrons. The number of ether oxygens (including phenoxy) is 2. The fourth-order valence-corrected chi connectivity index (χ4v) is 1.24. The summed E-state index contributed by atoms with van der Waals surface area (Å²) >= 11 is 0. The largest absolute Gasteiger partial charge is 0.491 e. The van der Waals surface area contributed by atoms with E-state index in [2.05, 4.69) is 10.1 Å². The van der Waals surface area contributed by atoms with Gasteiger partial charge in [-0.1, -0.05) is 12.1 Å². The molecule has 0 saturated heterocycles. The number of nitrogens with one attached hydrogen (secondary N) is 1. The summed E-state index contributed by atoms with van der Waals surface area (Å²) in [6, 6.07) is 6.70. The van der Waals surface area contributed by atoms with Crippen molar-refractivity contribution in [3.63, 3.8) is 0 Å². The maximum absolute atomic E-state index is 11.3. The molecule has 0 aliphatic rings. The zero-order valence-corrected chi connectivity index (χ0v) is 10.3. The Bertz CT molecular complexity index is 436. The molecule has 0 fully saturated rings. The molecule has 1 aromatic rings. The highest BCUT2D eigenvalue weighted by molar-refractivity contribution is 5.86. The fraction of sp³-hybridized carbons (Fsp3) is 0.333. The van der Waals surface area contributed by atoms with Gasteiger partial charge < -0.3 is 20.3 Å². The number of anilines is 1. The topological polar surface area (TPSA) is 111 Å². The number of hydrogen-bond donors (Lipinski definition) is 3. The van der Waals surface area contributed by atoms with Crippen LogP contribution in [0.1, 0.15) is 6.42 Å². The van der Waals surface area contributed by atoms with Crippen LogP contribution in [0.5, 0.6) is 5.75 Å². The third-order valence-electron chi connectivity index (χ3n) is 2.05. The molecule has 0 unspecified atom stereocenters. The Morgan fingerprint density at radius 2 is 2.00 bits per heavy atom. The molecule has 7 nitrogen and oxygen atoms in total. The third-order valence-corrected chi connectivity index (χ3v) is 2.05. The van der Waals surface area contributed by atoms with E-state index < -0.39 is 12.0 Å². The lowest BCUT2D eigenvalue weighted by Crippen LogP contribution is -2.17. The number of carbonyl (C=O) groups is 2. The zero-order chi connectivity index (χ0) is 14.1. The molecule has 104 valence electrons. The van der Waals surface area contributed by atoms with Gasteiger partial charge in [0.25, 0.3) is 0 Å². The summed E-state index contributed by atoms with van der Waals surface area (Å²) in [6.07, 6.45) is -0.608. The summed E-state index contributed by atoms with van der Waals surface area (Å²) in [5.74, 6) is -0.0579. The monoisotopic (exact) mass is 268 g/mol. The van der Waals surface area contributed by atoms with Gasteiger partial charge >= 0.3 is 6.09 Å². The van der Waals surface area contributed by atoms with E-state index in [1.54, 1.807) is 24.3 Å². The summed E-state index contributed by atoms with van der Waals surface area (Å²) in [4.78, 5) is 21.9. The number of carbonyl (C=O) groups excluding carboxylic acids is 2. The second kappa shape index (κ2) is 7.93. The second-order valence-corrected chi connectivity index (χ2v) is 3.55. The average molecular weight is 268 g/mol. The summed E-state index contributed by atoms with van der Waals surface area (Å²) < 4.78 is 10.00. The van der Waals surface area contributed by atoms with Crippen molar-refractivity contribution in [1.82, 2.24) is 0 Å². The number of para-hydroxylation sites is 2. The molecular weight excluding hydrogens is 252 g/mol. The van der Waals surface area contributed by atoms with Crippen LogP contribution in [0.25, 0.3) is 0 Å². The smallest absolute Gasteiger partial charge is 0.411 e. The Morgan fingerprint density at radius 3 is 2.68 bits per heavy atom. The molecule has 0 bridgehead atoms. The number of aliphatic hydroxyl groups excluding tert-OH is 1. The third kappa shape index (κ3) is 5.73. The van der Waals surface area contributed by atoms with E-state index >= 15 is 0 Å². The van der Waals surface area contributed by atoms with Crippen LogP contribution in [0.3, 0.4) is 0 Å². The van der Waals surface area contributed by atoms with E-state index in [1.807, 2.05) is 0 Å². The molecule has 0 aliphatic heterocycles. The van der Waals surface area contributed by atoms with Crippen molar-refractivity contribution in [2.24, 2.45) is 5.73 Å². The molecule has 1 rings (SSSR count). The number of amides is 2. The minimum Gasteiger partial charge on any atom is -0.491 e. The van der Waals surface area contributed by atoms with Gasteiger partial charge in [-0.25, -0.2) is 4.79 Å². The van der Waals surface area contributed by atoms with Crippen LogP contribution in [0.15, 0.2) is 24.3 Å². The van der Waals surface area contributed by atoms with Crippen LogP contribution in [-0.4, -0.2) is 36.9 Å². The highest BCUT2D eigenvalue weighted by atomic mass is 16.6. The number of hydrogen-bond acceptors (Lipinski definition) is 5. The van der Waals surface area contributed by atoms with Gasteiger partial charge in [-0.15, -0.1) is 0 Å². The molecule has 0 aromatic heterocycles. The SMILES string of the molecule is NC(=O)CCOc1ccccc1NC(=O)OCCO. The number of rotatable bonds is 7. The van der Waals surface area contributed by atoms with Gasteiger partial charge in [0.15, 0.2) is 0 Å². The first-order valence-electron chi connectivity index (χ1n) is 5.68. The van der Waals surface area contributed by atoms with Gasteiger partial charge in [0.2, 0.25) is 5.91 Å². The summed E-state index contributed by atoms with van der Waals surface area (Å²) in [5, 5.41) is 11.0. The number of primary amides is 1. The normalized spacial score (nSPS) is 9.74. The van der Waals surface area contributed by atoms with E-state index in [1.165, 1.54) is 0 Å². The Kier molecular flexibility index (Phi) is 6.17. The molecule has 4 N–H and O–H groups in total. The van der Waals surface area contributed by atoms with Gasteiger partial charge in [-0.05, 0) is 12.1 Å². The molecule has 19 heavy (non-hydrogen) atoms. The van der Waals surface area contributed by atoms with Crippen molar-refractivity contribution in [2.45, 2.75) is 6.42 Å². The Morgan fingerprint density at radius 1 is 1.26 bits per heavy atom. The van der Waals surface area contributed by atoms with Gasteiger partial charge in [0.05, 0.1) is 25.3 Å². The second-order valence-electron chi connectivity index (χ2n) is 3.55. The molecule has 0 heterocycles. The lowest BCUT2D eigenvalue weighted by Gasteiger charge is -2.11. The van der Waals surface area contributed by atoms with Crippen molar-refractivity contribution in [3.05, 3.63) is 24.3 Å². The van der Waals surface area contributed by atoms with Gasteiger partial charge in [0, 0.05) is 0 Å². The molecule has 0 aliphatic carbocycles. The number of benzene rings is 1. The van der Waals surface area contributed by atoms with Crippen LogP contribution >= 0.6 is 0 Å². The van der Waals surface area contributed by atoms with Gasteiger partial charge in [-0.2, -0.15) is 0 Å². The van der Waals surface area contributed by atoms with Crippen molar-refractivity contribution in [1.29, 1.82) is 0 Å². The summed E-state index contributed by atoms with van der Waals surface area (Å²) in [7, 11) is 0. The van der Waals surface area contributed by atoms with E-state index in [-0.39, 0.29) is 26.2 Å². The fourth-order valence-electron chi connectivity index (χ4n) is 1.24. The van der Waals surface area contributed by atoms with Crippen molar-refractivity contribution >= 4 is 17.7 Å². The highest BCUT2D eigenvalue weighted by Gasteiger charge is 2.08. The first-order valence-corrected chi connectivity index (χ1v) is 5.68. The van der Waals surface area contributed by atoms with E-state index in [4.69, 9.17) is 15.6 Å².